The van der Waals surface area contributed by atoms with E-state index in [1.165, 1.54) is 0 Å². The van der Waals surface area contributed by atoms with Crippen molar-refractivity contribution in [2.45, 2.75) is 77.7 Å². The number of amides is 3. The van der Waals surface area contributed by atoms with Crippen molar-refractivity contribution in [3.8, 4) is 0 Å². The second-order valence-electron chi connectivity index (χ2n) is 11.3. The summed E-state index contributed by atoms with van der Waals surface area (Å²) >= 11 is 0. The number of aliphatic hydroxyl groups is 1. The van der Waals surface area contributed by atoms with E-state index >= 15 is 0 Å². The number of ether oxygens (including phenoxy) is 1. The molecule has 40 heavy (non-hydrogen) atoms. The fourth-order valence-electron chi connectivity index (χ4n) is 4.26. The lowest BCUT2D eigenvalue weighted by molar-refractivity contribution is -0.132. The number of nitrogens with two attached hydrogens (primary N) is 1. The van der Waals surface area contributed by atoms with Crippen molar-refractivity contribution in [1.82, 2.24) is 16.0 Å². The van der Waals surface area contributed by atoms with Crippen molar-refractivity contribution in [3.05, 3.63) is 71.8 Å². The molecular formula is C30H43N5O5. The topological polar surface area (TPSA) is 167 Å². The summed E-state index contributed by atoms with van der Waals surface area (Å²) in [6.45, 7) is 8.80. The smallest absolute Gasteiger partial charge is 0.407 e. The Morgan fingerprint density at radius 1 is 0.900 bits per heavy atom. The van der Waals surface area contributed by atoms with Crippen LogP contribution in [0.4, 0.5) is 4.79 Å². The van der Waals surface area contributed by atoms with E-state index in [1.54, 1.807) is 34.6 Å². The summed E-state index contributed by atoms with van der Waals surface area (Å²) < 4.78 is 5.43. The average Bonchev–Trinajstić information content (AvgIpc) is 2.85. The standard InChI is InChI=1S/C30H43N5O5/c1-19(2)25(27(38)35-28(31)32)34-26(37)22(16-20-12-8-6-9-13-20)18-24(36)23(17-21-14-10-7-11-15-21)33-29(39)40-30(3,4)5/h6-15,19,22-25,36H,16-18H2,1-5H3,(H,33,39)(H,34,37)(H4,31,32,35,38)/t22?,23?,24?,25-/m1/s1. The summed E-state index contributed by atoms with van der Waals surface area (Å²) in [5.41, 5.74) is 6.37. The van der Waals surface area contributed by atoms with Crippen LogP contribution in [0.25, 0.3) is 0 Å². The number of guanidine groups is 1. The van der Waals surface area contributed by atoms with Crippen molar-refractivity contribution in [2.75, 3.05) is 0 Å². The Hall–Kier alpha value is -3.92. The Morgan fingerprint density at radius 3 is 1.90 bits per heavy atom. The highest BCUT2D eigenvalue weighted by atomic mass is 16.6. The van der Waals surface area contributed by atoms with E-state index < -0.39 is 53.6 Å². The highest BCUT2D eigenvalue weighted by molar-refractivity contribution is 5.99. The van der Waals surface area contributed by atoms with Gasteiger partial charge in [-0.05, 0) is 57.1 Å². The number of hydrogen-bond donors (Lipinski definition) is 6. The van der Waals surface area contributed by atoms with Gasteiger partial charge in [0.2, 0.25) is 11.8 Å². The molecule has 2 rings (SSSR count). The maximum atomic E-state index is 13.6. The van der Waals surface area contributed by atoms with Crippen LogP contribution in [0.2, 0.25) is 0 Å². The number of nitrogens with one attached hydrogen (secondary N) is 4. The van der Waals surface area contributed by atoms with Crippen LogP contribution in [0.1, 0.15) is 52.2 Å². The van der Waals surface area contributed by atoms with Crippen molar-refractivity contribution in [3.63, 3.8) is 0 Å². The maximum Gasteiger partial charge on any atom is 0.407 e. The van der Waals surface area contributed by atoms with E-state index in [9.17, 15) is 19.5 Å². The molecule has 218 valence electrons. The van der Waals surface area contributed by atoms with Gasteiger partial charge in [0.05, 0.1) is 12.1 Å². The van der Waals surface area contributed by atoms with E-state index in [-0.39, 0.29) is 12.3 Å². The van der Waals surface area contributed by atoms with Gasteiger partial charge in [-0.25, -0.2) is 4.79 Å². The molecule has 0 saturated carbocycles. The molecule has 0 aliphatic carbocycles. The van der Waals surface area contributed by atoms with Gasteiger partial charge in [0.1, 0.15) is 11.6 Å². The molecule has 0 fully saturated rings. The lowest BCUT2D eigenvalue weighted by Gasteiger charge is -2.30. The minimum Gasteiger partial charge on any atom is -0.444 e. The fourth-order valence-corrected chi connectivity index (χ4v) is 4.26. The Bertz CT molecular complexity index is 1120. The van der Waals surface area contributed by atoms with Gasteiger partial charge in [-0.15, -0.1) is 0 Å². The molecule has 10 heteroatoms. The quantitative estimate of drug-likeness (QED) is 0.175. The molecule has 2 aromatic carbocycles. The molecule has 0 radical (unpaired) electrons. The predicted octanol–water partition coefficient (Wildman–Crippen LogP) is 2.88. The number of carbonyl (C=O) groups is 3. The van der Waals surface area contributed by atoms with Gasteiger partial charge in [-0.1, -0.05) is 74.5 Å². The molecule has 0 heterocycles. The highest BCUT2D eigenvalue weighted by Gasteiger charge is 2.32. The van der Waals surface area contributed by atoms with Gasteiger partial charge in [0, 0.05) is 5.92 Å². The maximum absolute atomic E-state index is 13.6. The van der Waals surface area contributed by atoms with Gasteiger partial charge in [-0.2, -0.15) is 0 Å². The molecule has 3 unspecified atom stereocenters. The summed E-state index contributed by atoms with van der Waals surface area (Å²) in [5.74, 6) is -2.56. The van der Waals surface area contributed by atoms with Crippen molar-refractivity contribution < 1.29 is 24.2 Å². The molecule has 0 saturated heterocycles. The van der Waals surface area contributed by atoms with Crippen LogP contribution in [0.3, 0.4) is 0 Å². The Kier molecular flexibility index (Phi) is 12.1. The fraction of sp³-hybridized carbons (Fsp3) is 0.467. The summed E-state index contributed by atoms with van der Waals surface area (Å²) in [5, 5.41) is 26.6. The Balaban J connectivity index is 2.31. The van der Waals surface area contributed by atoms with Crippen LogP contribution in [-0.2, 0) is 27.2 Å². The average molecular weight is 554 g/mol. The summed E-state index contributed by atoms with van der Waals surface area (Å²) in [6.07, 6.45) is -1.16. The van der Waals surface area contributed by atoms with E-state index in [4.69, 9.17) is 15.9 Å². The van der Waals surface area contributed by atoms with Gasteiger partial charge >= 0.3 is 6.09 Å². The van der Waals surface area contributed by atoms with Crippen molar-refractivity contribution in [1.29, 1.82) is 5.41 Å². The van der Waals surface area contributed by atoms with Crippen LogP contribution in [0.5, 0.6) is 0 Å². The third kappa shape index (κ3) is 11.4. The molecule has 0 spiro atoms. The molecule has 0 aliphatic heterocycles. The molecule has 10 nitrogen and oxygen atoms in total. The third-order valence-electron chi connectivity index (χ3n) is 6.19. The molecular weight excluding hydrogens is 510 g/mol. The Morgan fingerprint density at radius 2 is 1.43 bits per heavy atom. The van der Waals surface area contributed by atoms with Crippen LogP contribution in [0, 0.1) is 17.2 Å². The van der Waals surface area contributed by atoms with Crippen LogP contribution in [-0.4, -0.2) is 52.8 Å². The Labute approximate surface area is 236 Å². The van der Waals surface area contributed by atoms with Gasteiger partial charge < -0.3 is 26.2 Å². The summed E-state index contributed by atoms with van der Waals surface area (Å²) in [6, 6.07) is 17.1. The van der Waals surface area contributed by atoms with E-state index in [0.717, 1.165) is 11.1 Å². The van der Waals surface area contributed by atoms with Crippen molar-refractivity contribution in [2.24, 2.45) is 17.6 Å². The summed E-state index contributed by atoms with van der Waals surface area (Å²) in [4.78, 5) is 38.9. The van der Waals surface area contributed by atoms with Crippen molar-refractivity contribution >= 4 is 23.9 Å². The summed E-state index contributed by atoms with van der Waals surface area (Å²) in [7, 11) is 0. The monoisotopic (exact) mass is 553 g/mol. The normalized spacial score (nSPS) is 14.4. The molecule has 4 atom stereocenters. The third-order valence-corrected chi connectivity index (χ3v) is 6.19. The first kappa shape index (κ1) is 32.3. The number of rotatable bonds is 12. The lowest BCUT2D eigenvalue weighted by Crippen LogP contribution is -2.54. The second-order valence-corrected chi connectivity index (χ2v) is 11.3. The first-order valence-electron chi connectivity index (χ1n) is 13.5. The zero-order chi connectivity index (χ0) is 29.9. The van der Waals surface area contributed by atoms with Crippen LogP contribution >= 0.6 is 0 Å². The molecule has 0 aromatic heterocycles. The molecule has 2 aromatic rings. The molecule has 0 aliphatic rings. The largest absolute Gasteiger partial charge is 0.444 e. The SMILES string of the molecule is CC(C)[C@@H](NC(=O)C(Cc1ccccc1)CC(O)C(Cc1ccccc1)NC(=O)OC(C)(C)C)C(=O)NC(=N)N. The highest BCUT2D eigenvalue weighted by Crippen LogP contribution is 2.20. The van der Waals surface area contributed by atoms with Crippen LogP contribution < -0.4 is 21.7 Å². The van der Waals surface area contributed by atoms with E-state index in [0.29, 0.717) is 12.8 Å². The van der Waals surface area contributed by atoms with E-state index in [1.807, 2.05) is 60.7 Å². The lowest BCUT2D eigenvalue weighted by atomic mass is 9.88. The van der Waals surface area contributed by atoms with Crippen LogP contribution in [0.15, 0.2) is 60.7 Å². The predicted molar refractivity (Wildman–Crippen MR) is 154 cm³/mol. The number of alkyl carbamates (subject to hydrolysis) is 1. The molecule has 3 amide bonds. The number of benzene rings is 2. The minimum atomic E-state index is -1.12. The van der Waals surface area contributed by atoms with Gasteiger partial charge in [0.25, 0.3) is 0 Å². The number of carbonyl (C=O) groups excluding carboxylic acids is 3. The minimum absolute atomic E-state index is 0.00711. The first-order valence-corrected chi connectivity index (χ1v) is 13.5. The van der Waals surface area contributed by atoms with Gasteiger partial charge in [0.15, 0.2) is 5.96 Å². The van der Waals surface area contributed by atoms with E-state index in [2.05, 4.69) is 16.0 Å². The first-order chi connectivity index (χ1) is 18.7. The second kappa shape index (κ2) is 15.0. The molecule has 0 bridgehead atoms. The molecule has 7 N–H and O–H groups in total. The zero-order valence-corrected chi connectivity index (χ0v) is 23.9. The number of hydrogen-bond acceptors (Lipinski definition) is 6. The number of aliphatic hydroxyl groups excluding tert-OH is 1. The van der Waals surface area contributed by atoms with Gasteiger partial charge in [-0.3, -0.25) is 20.3 Å². The zero-order valence-electron chi connectivity index (χ0n) is 23.9.